The lowest BCUT2D eigenvalue weighted by Gasteiger charge is -2.61. The number of likely N-dealkylation sites (tertiary alicyclic amines) is 1. The zero-order chi connectivity index (χ0) is 17.6. The standard InChI is InChI=1S/C22H30N2O2/c25-20-22(10-5-2-6-11-22)13-19(26-20)9-12-23-14-21(15-23)16-24(17-21)18-7-3-1-4-8-18/h1,3-4,7-8,19H,2,5-6,9-17H2/t19-/m0/s1. The molecule has 5 rings (SSSR count). The summed E-state index contributed by atoms with van der Waals surface area (Å²) in [6.07, 6.45) is 7.98. The van der Waals surface area contributed by atoms with E-state index >= 15 is 0 Å². The number of carbonyl (C=O) groups is 1. The molecule has 1 aromatic carbocycles. The summed E-state index contributed by atoms with van der Waals surface area (Å²) in [6.45, 7) is 5.88. The van der Waals surface area contributed by atoms with Crippen LogP contribution < -0.4 is 4.90 Å². The van der Waals surface area contributed by atoms with Crippen LogP contribution in [-0.2, 0) is 9.53 Å². The fraction of sp³-hybridized carbons (Fsp3) is 0.682. The van der Waals surface area contributed by atoms with Gasteiger partial charge in [-0.15, -0.1) is 0 Å². The Kier molecular flexibility index (Phi) is 4.00. The van der Waals surface area contributed by atoms with Gasteiger partial charge < -0.3 is 14.5 Å². The smallest absolute Gasteiger partial charge is 0.312 e. The van der Waals surface area contributed by atoms with Crippen LogP contribution in [0.15, 0.2) is 30.3 Å². The average molecular weight is 354 g/mol. The van der Waals surface area contributed by atoms with E-state index in [2.05, 4.69) is 40.1 Å². The van der Waals surface area contributed by atoms with Crippen molar-refractivity contribution in [3.63, 3.8) is 0 Å². The van der Waals surface area contributed by atoms with Crippen LogP contribution in [0.3, 0.4) is 0 Å². The van der Waals surface area contributed by atoms with Gasteiger partial charge in [-0.1, -0.05) is 37.5 Å². The molecular formula is C22H30N2O2. The molecule has 3 heterocycles. The lowest BCUT2D eigenvalue weighted by molar-refractivity contribution is -0.150. The Labute approximate surface area is 156 Å². The minimum Gasteiger partial charge on any atom is -0.462 e. The number of esters is 1. The van der Waals surface area contributed by atoms with E-state index in [4.69, 9.17) is 4.74 Å². The van der Waals surface area contributed by atoms with Gasteiger partial charge >= 0.3 is 5.97 Å². The number of rotatable bonds is 4. The maximum absolute atomic E-state index is 12.4. The SMILES string of the molecule is O=C1O[C@@H](CCN2CC3(C2)CN(c2ccccc2)C3)CC12CCCCC2. The Morgan fingerprint density at radius 1 is 1.00 bits per heavy atom. The zero-order valence-corrected chi connectivity index (χ0v) is 15.7. The van der Waals surface area contributed by atoms with E-state index in [1.54, 1.807) is 0 Å². The summed E-state index contributed by atoms with van der Waals surface area (Å²) in [5.74, 6) is 0.111. The van der Waals surface area contributed by atoms with Crippen molar-refractivity contribution < 1.29 is 9.53 Å². The Bertz CT molecular complexity index is 654. The third-order valence-electron chi connectivity index (χ3n) is 7.20. The van der Waals surface area contributed by atoms with Crippen LogP contribution in [0, 0.1) is 10.8 Å². The second-order valence-electron chi connectivity index (χ2n) is 9.26. The van der Waals surface area contributed by atoms with Gasteiger partial charge in [-0.05, 0) is 31.4 Å². The summed E-state index contributed by atoms with van der Waals surface area (Å²) in [7, 11) is 0. The predicted octanol–water partition coefficient (Wildman–Crippen LogP) is 3.46. The van der Waals surface area contributed by atoms with Gasteiger partial charge in [0.05, 0.1) is 5.41 Å². The monoisotopic (exact) mass is 354 g/mol. The third kappa shape index (κ3) is 2.83. The van der Waals surface area contributed by atoms with E-state index in [1.807, 2.05) is 0 Å². The second kappa shape index (κ2) is 6.26. The molecule has 26 heavy (non-hydrogen) atoms. The number of ether oxygens (including phenoxy) is 1. The number of carbonyl (C=O) groups excluding carboxylic acids is 1. The molecule has 1 atom stereocenters. The van der Waals surface area contributed by atoms with Crippen LogP contribution in [-0.4, -0.2) is 49.7 Å². The van der Waals surface area contributed by atoms with E-state index in [0.29, 0.717) is 5.41 Å². The third-order valence-corrected chi connectivity index (χ3v) is 7.20. The van der Waals surface area contributed by atoms with Gasteiger partial charge in [0.1, 0.15) is 6.10 Å². The zero-order valence-electron chi connectivity index (χ0n) is 15.7. The summed E-state index contributed by atoms with van der Waals surface area (Å²) >= 11 is 0. The van der Waals surface area contributed by atoms with Crippen LogP contribution in [0.5, 0.6) is 0 Å². The van der Waals surface area contributed by atoms with Gasteiger partial charge in [-0.2, -0.15) is 0 Å². The lowest BCUT2D eigenvalue weighted by atomic mass is 9.71. The fourth-order valence-electron chi connectivity index (χ4n) is 5.81. The fourth-order valence-corrected chi connectivity index (χ4v) is 5.81. The molecule has 1 aliphatic carbocycles. The molecule has 0 amide bonds. The highest BCUT2D eigenvalue weighted by atomic mass is 16.6. The van der Waals surface area contributed by atoms with Crippen molar-refractivity contribution in [2.75, 3.05) is 37.6 Å². The first kappa shape index (κ1) is 16.6. The maximum Gasteiger partial charge on any atom is 0.312 e. The lowest BCUT2D eigenvalue weighted by Crippen LogP contribution is -2.72. The highest BCUT2D eigenvalue weighted by Gasteiger charge is 2.52. The number of hydrogen-bond donors (Lipinski definition) is 0. The number of hydrogen-bond acceptors (Lipinski definition) is 4. The van der Waals surface area contributed by atoms with Crippen LogP contribution in [0.1, 0.15) is 44.9 Å². The molecule has 0 aromatic heterocycles. The van der Waals surface area contributed by atoms with Gasteiger partial charge in [-0.25, -0.2) is 0 Å². The number of para-hydroxylation sites is 1. The van der Waals surface area contributed by atoms with Crippen molar-refractivity contribution in [1.82, 2.24) is 4.90 Å². The molecule has 4 fully saturated rings. The van der Waals surface area contributed by atoms with Crippen molar-refractivity contribution in [3.05, 3.63) is 30.3 Å². The molecule has 1 saturated carbocycles. The van der Waals surface area contributed by atoms with Crippen molar-refractivity contribution in [3.8, 4) is 0 Å². The van der Waals surface area contributed by atoms with Crippen LogP contribution in [0.25, 0.3) is 0 Å². The van der Waals surface area contributed by atoms with E-state index in [9.17, 15) is 4.79 Å². The normalized spacial score (nSPS) is 29.5. The largest absolute Gasteiger partial charge is 0.462 e. The average Bonchev–Trinajstić information content (AvgIpc) is 2.89. The molecule has 3 saturated heterocycles. The molecule has 2 spiro atoms. The molecule has 4 nitrogen and oxygen atoms in total. The summed E-state index contributed by atoms with van der Waals surface area (Å²) in [5.41, 5.74) is 1.77. The molecule has 0 radical (unpaired) electrons. The maximum atomic E-state index is 12.4. The van der Waals surface area contributed by atoms with E-state index < -0.39 is 0 Å². The van der Waals surface area contributed by atoms with Gasteiger partial charge in [-0.3, -0.25) is 4.79 Å². The summed E-state index contributed by atoms with van der Waals surface area (Å²) in [6, 6.07) is 10.7. The number of nitrogens with zero attached hydrogens (tertiary/aromatic N) is 2. The first-order valence-corrected chi connectivity index (χ1v) is 10.4. The first-order chi connectivity index (χ1) is 12.7. The number of cyclic esters (lactones) is 1. The molecule has 3 aliphatic heterocycles. The minimum atomic E-state index is -0.108. The van der Waals surface area contributed by atoms with Crippen molar-refractivity contribution >= 4 is 11.7 Å². The Balaban J connectivity index is 1.06. The van der Waals surface area contributed by atoms with Crippen LogP contribution in [0.2, 0.25) is 0 Å². The molecule has 0 bridgehead atoms. The molecule has 0 N–H and O–H groups in total. The van der Waals surface area contributed by atoms with Crippen LogP contribution >= 0.6 is 0 Å². The molecule has 4 aliphatic rings. The van der Waals surface area contributed by atoms with E-state index in [1.165, 1.54) is 51.1 Å². The summed E-state index contributed by atoms with van der Waals surface area (Å²) < 4.78 is 5.77. The first-order valence-electron chi connectivity index (χ1n) is 10.4. The quantitative estimate of drug-likeness (QED) is 0.775. The molecule has 0 unspecified atom stereocenters. The predicted molar refractivity (Wildman–Crippen MR) is 102 cm³/mol. The Hall–Kier alpha value is -1.55. The highest BCUT2D eigenvalue weighted by Crippen LogP contribution is 2.47. The van der Waals surface area contributed by atoms with Crippen molar-refractivity contribution in [2.45, 2.75) is 51.0 Å². The molecule has 1 aromatic rings. The molecule has 4 heteroatoms. The van der Waals surface area contributed by atoms with Crippen molar-refractivity contribution in [1.29, 1.82) is 0 Å². The Morgan fingerprint density at radius 2 is 1.73 bits per heavy atom. The highest BCUT2D eigenvalue weighted by molar-refractivity contribution is 5.79. The van der Waals surface area contributed by atoms with E-state index in [-0.39, 0.29) is 17.5 Å². The number of anilines is 1. The summed E-state index contributed by atoms with van der Waals surface area (Å²) in [5, 5.41) is 0. The topological polar surface area (TPSA) is 32.8 Å². The van der Waals surface area contributed by atoms with E-state index in [0.717, 1.165) is 32.2 Å². The van der Waals surface area contributed by atoms with Crippen molar-refractivity contribution in [2.24, 2.45) is 10.8 Å². The molecule has 140 valence electrons. The number of benzene rings is 1. The van der Waals surface area contributed by atoms with Gasteiger partial charge in [0.15, 0.2) is 0 Å². The van der Waals surface area contributed by atoms with Crippen LogP contribution in [0.4, 0.5) is 5.69 Å². The van der Waals surface area contributed by atoms with Gasteiger partial charge in [0.2, 0.25) is 0 Å². The van der Waals surface area contributed by atoms with Gasteiger partial charge in [0.25, 0.3) is 0 Å². The minimum absolute atomic E-state index is 0.108. The van der Waals surface area contributed by atoms with Gasteiger partial charge in [0, 0.05) is 50.2 Å². The Morgan fingerprint density at radius 3 is 2.46 bits per heavy atom. The molecular weight excluding hydrogens is 324 g/mol. The second-order valence-corrected chi connectivity index (χ2v) is 9.26. The summed E-state index contributed by atoms with van der Waals surface area (Å²) in [4.78, 5) is 17.4.